The summed E-state index contributed by atoms with van der Waals surface area (Å²) >= 11 is 1.24. The lowest BCUT2D eigenvalue weighted by Gasteiger charge is -1.87. The second kappa shape index (κ2) is 3.21. The Morgan fingerprint density at radius 2 is 2.06 bits per heavy atom. The van der Waals surface area contributed by atoms with E-state index in [1.165, 1.54) is 28.8 Å². The van der Waals surface area contributed by atoms with E-state index in [1.807, 2.05) is 0 Å². The van der Waals surface area contributed by atoms with Crippen LogP contribution in [0.2, 0.25) is 0 Å². The van der Waals surface area contributed by atoms with Crippen molar-refractivity contribution < 1.29 is 14.6 Å². The van der Waals surface area contributed by atoms with Crippen LogP contribution < -0.4 is 0 Å². The number of nitrogens with zero attached hydrogens (tertiary/aromatic N) is 2. The summed E-state index contributed by atoms with van der Waals surface area (Å²) in [5, 5.41) is 20.4. The molecule has 0 amide bonds. The van der Waals surface area contributed by atoms with Gasteiger partial charge in [0.15, 0.2) is 10.6 Å². The summed E-state index contributed by atoms with van der Waals surface area (Å²) in [4.78, 5) is 8.05. The first-order chi connectivity index (χ1) is 7.72. The molecule has 2 heterocycles. The number of aromatic hydroxyl groups is 2. The average molecular weight is 234 g/mol. The summed E-state index contributed by atoms with van der Waals surface area (Å²) in [7, 11) is 0. The Balaban J connectivity index is 2.18. The third-order valence-electron chi connectivity index (χ3n) is 2.05. The highest BCUT2D eigenvalue weighted by molar-refractivity contribution is 7.13. The van der Waals surface area contributed by atoms with E-state index in [0.29, 0.717) is 22.0 Å². The Hall–Kier alpha value is -2.08. The third-order valence-corrected chi connectivity index (χ3v) is 2.86. The zero-order chi connectivity index (χ0) is 11.1. The van der Waals surface area contributed by atoms with E-state index in [9.17, 15) is 5.11 Å². The Morgan fingerprint density at radius 1 is 1.19 bits per heavy atom. The van der Waals surface area contributed by atoms with E-state index in [-0.39, 0.29) is 11.6 Å². The molecule has 0 aliphatic rings. The van der Waals surface area contributed by atoms with Gasteiger partial charge in [-0.15, -0.1) is 11.3 Å². The molecule has 3 rings (SSSR count). The van der Waals surface area contributed by atoms with Crippen LogP contribution in [0.1, 0.15) is 0 Å². The van der Waals surface area contributed by atoms with Gasteiger partial charge in [0.05, 0.1) is 5.38 Å². The third kappa shape index (κ3) is 1.40. The second-order valence-electron chi connectivity index (χ2n) is 3.18. The average Bonchev–Trinajstić information content (AvgIpc) is 2.83. The minimum Gasteiger partial charge on any atom is -0.508 e. The van der Waals surface area contributed by atoms with Gasteiger partial charge in [-0.05, 0) is 12.1 Å². The highest BCUT2D eigenvalue weighted by Gasteiger charge is 2.12. The van der Waals surface area contributed by atoms with Crippen LogP contribution in [0.5, 0.6) is 11.6 Å². The van der Waals surface area contributed by atoms with Crippen molar-refractivity contribution in [3.63, 3.8) is 0 Å². The van der Waals surface area contributed by atoms with Crippen molar-refractivity contribution in [2.45, 2.75) is 0 Å². The number of benzene rings is 1. The number of hydrogen-bond acceptors (Lipinski definition) is 6. The van der Waals surface area contributed by atoms with Crippen molar-refractivity contribution in [2.24, 2.45) is 0 Å². The summed E-state index contributed by atoms with van der Waals surface area (Å²) < 4.78 is 5.41. The van der Waals surface area contributed by atoms with Crippen LogP contribution in [0.4, 0.5) is 0 Å². The minimum absolute atomic E-state index is 0.0508. The fraction of sp³-hybridized carbons (Fsp3) is 0. The van der Waals surface area contributed by atoms with Crippen LogP contribution in [0, 0.1) is 0 Å². The zero-order valence-electron chi connectivity index (χ0n) is 7.91. The summed E-state index contributed by atoms with van der Waals surface area (Å²) in [6.07, 6.45) is 0. The number of aromatic nitrogens is 2. The smallest absolute Gasteiger partial charge is 0.257 e. The molecule has 0 fully saturated rings. The van der Waals surface area contributed by atoms with Crippen LogP contribution in [-0.2, 0) is 0 Å². The molecule has 0 unspecified atom stereocenters. The van der Waals surface area contributed by atoms with Gasteiger partial charge in [0, 0.05) is 6.07 Å². The fourth-order valence-corrected chi connectivity index (χ4v) is 1.97. The number of thiazole rings is 1. The maximum atomic E-state index is 9.27. The molecule has 2 N–H and O–H groups in total. The predicted molar refractivity (Wildman–Crippen MR) is 58.4 cm³/mol. The molecule has 0 bridgehead atoms. The molecule has 80 valence electrons. The Bertz CT molecular complexity index is 659. The largest absolute Gasteiger partial charge is 0.508 e. The molecular weight excluding hydrogens is 228 g/mol. The van der Waals surface area contributed by atoms with Crippen LogP contribution in [0.15, 0.2) is 28.0 Å². The first kappa shape index (κ1) is 9.17. The van der Waals surface area contributed by atoms with Crippen LogP contribution in [-0.4, -0.2) is 20.2 Å². The lowest BCUT2D eigenvalue weighted by molar-refractivity contribution is 0.457. The van der Waals surface area contributed by atoms with Crippen molar-refractivity contribution in [1.82, 2.24) is 9.97 Å². The van der Waals surface area contributed by atoms with Crippen molar-refractivity contribution in [3.05, 3.63) is 23.6 Å². The maximum Gasteiger partial charge on any atom is 0.257 e. The van der Waals surface area contributed by atoms with Gasteiger partial charge in [0.25, 0.3) is 5.89 Å². The molecule has 0 aliphatic carbocycles. The van der Waals surface area contributed by atoms with Gasteiger partial charge >= 0.3 is 0 Å². The number of phenols is 1. The van der Waals surface area contributed by atoms with E-state index < -0.39 is 0 Å². The first-order valence-electron chi connectivity index (χ1n) is 4.47. The molecule has 0 saturated carbocycles. The Morgan fingerprint density at radius 3 is 2.81 bits per heavy atom. The van der Waals surface area contributed by atoms with Gasteiger partial charge in [-0.25, -0.2) is 4.98 Å². The molecule has 6 heteroatoms. The minimum atomic E-state index is -0.0508. The van der Waals surface area contributed by atoms with Crippen molar-refractivity contribution in [2.75, 3.05) is 0 Å². The normalized spacial score (nSPS) is 11.0. The van der Waals surface area contributed by atoms with E-state index in [2.05, 4.69) is 9.97 Å². The Kier molecular flexibility index (Phi) is 1.84. The molecular formula is C10H6N2O3S. The molecule has 0 saturated heterocycles. The molecule has 0 atom stereocenters. The van der Waals surface area contributed by atoms with Gasteiger partial charge in [0.2, 0.25) is 5.88 Å². The number of rotatable bonds is 1. The van der Waals surface area contributed by atoms with Crippen LogP contribution in [0.3, 0.4) is 0 Å². The lowest BCUT2D eigenvalue weighted by atomic mass is 10.3. The molecule has 2 aromatic heterocycles. The molecule has 1 aromatic carbocycles. The van der Waals surface area contributed by atoms with Gasteiger partial charge in [0.1, 0.15) is 11.3 Å². The molecule has 0 aliphatic heterocycles. The number of hydrogen-bond donors (Lipinski definition) is 2. The van der Waals surface area contributed by atoms with E-state index >= 15 is 0 Å². The monoisotopic (exact) mass is 234 g/mol. The highest BCUT2D eigenvalue weighted by atomic mass is 32.1. The number of phenolic OH excluding ortho intramolecular Hbond substituents is 1. The lowest BCUT2D eigenvalue weighted by Crippen LogP contribution is -1.73. The van der Waals surface area contributed by atoms with E-state index in [1.54, 1.807) is 6.07 Å². The molecule has 0 radical (unpaired) electrons. The van der Waals surface area contributed by atoms with Gasteiger partial charge in [-0.3, -0.25) is 0 Å². The number of oxazole rings is 1. The fourth-order valence-electron chi connectivity index (χ4n) is 1.37. The second-order valence-corrected chi connectivity index (χ2v) is 4.04. The maximum absolute atomic E-state index is 9.27. The van der Waals surface area contributed by atoms with Gasteiger partial charge < -0.3 is 14.6 Å². The van der Waals surface area contributed by atoms with E-state index in [0.717, 1.165) is 0 Å². The standard InChI is InChI=1S/C10H6N2O3S/c13-5-1-2-6-7(3-5)15-9(11-6)10-12-8(14)4-16-10/h1-4,13-14H. The molecule has 3 aromatic rings. The molecule has 16 heavy (non-hydrogen) atoms. The highest BCUT2D eigenvalue weighted by Crippen LogP contribution is 2.29. The van der Waals surface area contributed by atoms with Gasteiger partial charge in [-0.2, -0.15) is 4.98 Å². The van der Waals surface area contributed by atoms with Crippen molar-refractivity contribution >= 4 is 22.4 Å². The Labute approximate surface area is 93.6 Å². The van der Waals surface area contributed by atoms with Crippen molar-refractivity contribution in [1.29, 1.82) is 0 Å². The van der Waals surface area contributed by atoms with E-state index in [4.69, 9.17) is 9.52 Å². The van der Waals surface area contributed by atoms with Crippen molar-refractivity contribution in [3.8, 4) is 22.5 Å². The van der Waals surface area contributed by atoms with Crippen LogP contribution >= 0.6 is 11.3 Å². The zero-order valence-corrected chi connectivity index (χ0v) is 8.73. The summed E-state index contributed by atoms with van der Waals surface area (Å²) in [6, 6.07) is 4.68. The molecule has 5 nitrogen and oxygen atoms in total. The first-order valence-corrected chi connectivity index (χ1v) is 5.35. The predicted octanol–water partition coefficient (Wildman–Crippen LogP) is 2.36. The topological polar surface area (TPSA) is 79.4 Å². The summed E-state index contributed by atoms with van der Waals surface area (Å²) in [5.74, 6) is 0.410. The van der Waals surface area contributed by atoms with Crippen LogP contribution in [0.25, 0.3) is 22.0 Å². The van der Waals surface area contributed by atoms with Gasteiger partial charge in [-0.1, -0.05) is 0 Å². The summed E-state index contributed by atoms with van der Waals surface area (Å²) in [6.45, 7) is 0. The SMILES string of the molecule is Oc1ccc2nc(-c3nc(O)cs3)oc2c1. The quantitative estimate of drug-likeness (QED) is 0.675. The summed E-state index contributed by atoms with van der Waals surface area (Å²) in [5.41, 5.74) is 1.13. The number of fused-ring (bicyclic) bond motifs is 1. The molecule has 0 spiro atoms.